The highest BCUT2D eigenvalue weighted by Gasteiger charge is 2.23. The van der Waals surface area contributed by atoms with Crippen molar-refractivity contribution in [2.75, 3.05) is 11.4 Å². The molecule has 0 saturated heterocycles. The highest BCUT2D eigenvalue weighted by Crippen LogP contribution is 2.28. The van der Waals surface area contributed by atoms with Crippen molar-refractivity contribution in [3.8, 4) is 0 Å². The van der Waals surface area contributed by atoms with Gasteiger partial charge >= 0.3 is 5.97 Å². The average Bonchev–Trinajstić information content (AvgIpc) is 2.37. The van der Waals surface area contributed by atoms with E-state index in [1.54, 1.807) is 0 Å². The van der Waals surface area contributed by atoms with Crippen LogP contribution in [0.1, 0.15) is 32.1 Å². The topological polar surface area (TPSA) is 40.5 Å². The van der Waals surface area contributed by atoms with Crippen LogP contribution < -0.4 is 4.90 Å². The lowest BCUT2D eigenvalue weighted by molar-refractivity contribution is -0.135. The smallest absolute Gasteiger partial charge is 0.323 e. The molecule has 0 bridgehead atoms. The summed E-state index contributed by atoms with van der Waals surface area (Å²) in [6, 6.07) is 7.79. The van der Waals surface area contributed by atoms with Crippen LogP contribution >= 0.6 is 11.6 Å². The van der Waals surface area contributed by atoms with Gasteiger partial charge in [0.25, 0.3) is 0 Å². The molecule has 1 aliphatic rings. The first-order valence-electron chi connectivity index (χ1n) is 6.41. The first-order chi connectivity index (χ1) is 8.66. The Morgan fingerprint density at radius 1 is 1.33 bits per heavy atom. The van der Waals surface area contributed by atoms with E-state index in [4.69, 9.17) is 16.7 Å². The second kappa shape index (κ2) is 6.10. The molecule has 0 unspecified atom stereocenters. The van der Waals surface area contributed by atoms with Gasteiger partial charge in [-0.15, -0.1) is 0 Å². The lowest BCUT2D eigenvalue weighted by Crippen LogP contribution is -2.40. The van der Waals surface area contributed by atoms with Crippen LogP contribution in [0.4, 0.5) is 5.69 Å². The zero-order valence-electron chi connectivity index (χ0n) is 10.3. The molecule has 0 amide bonds. The molecular formula is C14H18ClNO2. The Morgan fingerprint density at radius 2 is 2.06 bits per heavy atom. The summed E-state index contributed by atoms with van der Waals surface area (Å²) in [5.41, 5.74) is 0.914. The number of hydrogen-bond acceptors (Lipinski definition) is 2. The van der Waals surface area contributed by atoms with Crippen LogP contribution in [0.3, 0.4) is 0 Å². The molecule has 0 radical (unpaired) electrons. The summed E-state index contributed by atoms with van der Waals surface area (Å²) in [4.78, 5) is 13.0. The fraction of sp³-hybridized carbons (Fsp3) is 0.500. The third-order valence-electron chi connectivity index (χ3n) is 3.46. The number of carboxylic acids is 1. The van der Waals surface area contributed by atoms with Gasteiger partial charge in [0, 0.05) is 16.8 Å². The highest BCUT2D eigenvalue weighted by molar-refractivity contribution is 6.30. The molecule has 1 aromatic rings. The molecule has 3 nitrogen and oxygen atoms in total. The molecule has 2 rings (SSSR count). The fourth-order valence-corrected chi connectivity index (χ4v) is 2.81. The van der Waals surface area contributed by atoms with Gasteiger partial charge in [-0.05, 0) is 31.0 Å². The monoisotopic (exact) mass is 267 g/mol. The van der Waals surface area contributed by atoms with E-state index in [1.165, 1.54) is 19.3 Å². The molecule has 0 atom stereocenters. The van der Waals surface area contributed by atoms with Gasteiger partial charge in [-0.25, -0.2) is 0 Å². The maximum atomic E-state index is 11.0. The highest BCUT2D eigenvalue weighted by atomic mass is 35.5. The lowest BCUT2D eigenvalue weighted by atomic mass is 9.93. The Hall–Kier alpha value is -1.22. The van der Waals surface area contributed by atoms with Crippen LogP contribution in [0.25, 0.3) is 0 Å². The number of anilines is 1. The SMILES string of the molecule is O=C(O)CN(c1cccc(Cl)c1)C1CCCCC1. The summed E-state index contributed by atoms with van der Waals surface area (Å²) in [6.45, 7) is 0.0466. The molecule has 98 valence electrons. The molecule has 0 aliphatic heterocycles. The largest absolute Gasteiger partial charge is 0.480 e. The predicted octanol–water partition coefficient (Wildman–Crippen LogP) is 3.56. The number of carbonyl (C=O) groups is 1. The molecule has 1 N–H and O–H groups in total. The second-order valence-electron chi connectivity index (χ2n) is 4.79. The van der Waals surface area contributed by atoms with Gasteiger partial charge in [-0.1, -0.05) is 36.9 Å². The van der Waals surface area contributed by atoms with Gasteiger partial charge in [0.1, 0.15) is 6.54 Å². The van der Waals surface area contributed by atoms with Gasteiger partial charge in [-0.2, -0.15) is 0 Å². The van der Waals surface area contributed by atoms with Crippen molar-refractivity contribution in [3.05, 3.63) is 29.3 Å². The molecular weight excluding hydrogens is 250 g/mol. The van der Waals surface area contributed by atoms with E-state index < -0.39 is 5.97 Å². The van der Waals surface area contributed by atoms with Crippen LogP contribution in [-0.4, -0.2) is 23.7 Å². The van der Waals surface area contributed by atoms with Crippen LogP contribution in [0, 0.1) is 0 Å². The number of rotatable bonds is 4. The van der Waals surface area contributed by atoms with Crippen molar-refractivity contribution in [3.63, 3.8) is 0 Å². The lowest BCUT2D eigenvalue weighted by Gasteiger charge is -2.35. The molecule has 0 heterocycles. The van der Waals surface area contributed by atoms with Gasteiger partial charge in [0.15, 0.2) is 0 Å². The van der Waals surface area contributed by atoms with Gasteiger partial charge < -0.3 is 10.0 Å². The van der Waals surface area contributed by atoms with E-state index in [0.29, 0.717) is 11.1 Å². The first kappa shape index (κ1) is 13.2. The van der Waals surface area contributed by atoms with Crippen LogP contribution in [0.5, 0.6) is 0 Å². The van der Waals surface area contributed by atoms with E-state index in [0.717, 1.165) is 18.5 Å². The van der Waals surface area contributed by atoms with Crippen molar-refractivity contribution in [2.45, 2.75) is 38.1 Å². The maximum Gasteiger partial charge on any atom is 0.323 e. The molecule has 1 saturated carbocycles. The predicted molar refractivity (Wildman–Crippen MR) is 73.3 cm³/mol. The first-order valence-corrected chi connectivity index (χ1v) is 6.78. The minimum Gasteiger partial charge on any atom is -0.480 e. The molecule has 0 aromatic heterocycles. The van der Waals surface area contributed by atoms with E-state index in [2.05, 4.69) is 0 Å². The number of benzene rings is 1. The molecule has 1 fully saturated rings. The Bertz CT molecular complexity index is 416. The third-order valence-corrected chi connectivity index (χ3v) is 3.70. The van der Waals surface area contributed by atoms with E-state index >= 15 is 0 Å². The second-order valence-corrected chi connectivity index (χ2v) is 5.23. The fourth-order valence-electron chi connectivity index (χ4n) is 2.62. The number of nitrogens with zero attached hydrogens (tertiary/aromatic N) is 1. The Balaban J connectivity index is 2.20. The standard InChI is InChI=1S/C14H18ClNO2/c15-11-5-4-8-13(9-11)16(10-14(17)18)12-6-2-1-3-7-12/h4-5,8-9,12H,1-3,6-7,10H2,(H,17,18). The summed E-state index contributed by atoms with van der Waals surface area (Å²) >= 11 is 5.99. The Morgan fingerprint density at radius 3 is 2.67 bits per heavy atom. The molecule has 0 spiro atoms. The minimum absolute atomic E-state index is 0.0466. The van der Waals surface area contributed by atoms with E-state index in [9.17, 15) is 4.79 Å². The molecule has 18 heavy (non-hydrogen) atoms. The molecule has 1 aromatic carbocycles. The van der Waals surface area contributed by atoms with Crippen molar-refractivity contribution in [2.24, 2.45) is 0 Å². The summed E-state index contributed by atoms with van der Waals surface area (Å²) in [5.74, 6) is -0.791. The van der Waals surface area contributed by atoms with Crippen molar-refractivity contribution in [1.82, 2.24) is 0 Å². The quantitative estimate of drug-likeness (QED) is 0.907. The summed E-state index contributed by atoms with van der Waals surface area (Å²) < 4.78 is 0. The third kappa shape index (κ3) is 3.39. The molecule has 4 heteroatoms. The number of halogens is 1. The van der Waals surface area contributed by atoms with Gasteiger partial charge in [0.2, 0.25) is 0 Å². The molecule has 1 aliphatic carbocycles. The van der Waals surface area contributed by atoms with Crippen LogP contribution in [0.15, 0.2) is 24.3 Å². The van der Waals surface area contributed by atoms with E-state index in [-0.39, 0.29) is 6.54 Å². The number of aliphatic carboxylic acids is 1. The summed E-state index contributed by atoms with van der Waals surface area (Å²) in [6.07, 6.45) is 5.76. The normalized spacial score (nSPS) is 16.5. The minimum atomic E-state index is -0.791. The van der Waals surface area contributed by atoms with Crippen molar-refractivity contribution in [1.29, 1.82) is 0 Å². The van der Waals surface area contributed by atoms with Gasteiger partial charge in [-0.3, -0.25) is 4.79 Å². The van der Waals surface area contributed by atoms with Crippen LogP contribution in [0.2, 0.25) is 5.02 Å². The number of carboxylic acid groups (broad SMARTS) is 1. The summed E-state index contributed by atoms with van der Waals surface area (Å²) in [7, 11) is 0. The zero-order chi connectivity index (χ0) is 13.0. The zero-order valence-corrected chi connectivity index (χ0v) is 11.1. The van der Waals surface area contributed by atoms with Gasteiger partial charge in [0.05, 0.1) is 0 Å². The average molecular weight is 268 g/mol. The summed E-state index contributed by atoms with van der Waals surface area (Å²) in [5, 5.41) is 9.72. The maximum absolute atomic E-state index is 11.0. The van der Waals surface area contributed by atoms with Crippen LogP contribution in [-0.2, 0) is 4.79 Å². The Labute approximate surface area is 112 Å². The van der Waals surface area contributed by atoms with Crippen molar-refractivity contribution < 1.29 is 9.90 Å². The Kier molecular flexibility index (Phi) is 4.48. The van der Waals surface area contributed by atoms with E-state index in [1.807, 2.05) is 29.2 Å². The number of hydrogen-bond donors (Lipinski definition) is 1. The van der Waals surface area contributed by atoms with Crippen molar-refractivity contribution >= 4 is 23.3 Å².